The predicted molar refractivity (Wildman–Crippen MR) is 105 cm³/mol. The lowest BCUT2D eigenvalue weighted by Gasteiger charge is -2.15. The average molecular weight is 391 g/mol. The molecule has 0 saturated carbocycles. The Morgan fingerprint density at radius 3 is 2.00 bits per heavy atom. The van der Waals surface area contributed by atoms with Crippen LogP contribution >= 0.6 is 0 Å². The lowest BCUT2D eigenvalue weighted by Crippen LogP contribution is -2.30. The molecule has 29 heavy (non-hydrogen) atoms. The molecule has 1 saturated heterocycles. The summed E-state index contributed by atoms with van der Waals surface area (Å²) in [7, 11) is 0. The Labute approximate surface area is 166 Å². The number of anilines is 2. The Bertz CT molecular complexity index is 1000. The van der Waals surface area contributed by atoms with Crippen LogP contribution in [0.1, 0.15) is 23.2 Å². The van der Waals surface area contributed by atoms with Gasteiger partial charge in [-0.05, 0) is 49.2 Å². The second kappa shape index (κ2) is 7.31. The fraction of sp³-hybridized carbons (Fsp3) is 0.190. The van der Waals surface area contributed by atoms with Crippen LogP contribution in [0.15, 0.2) is 60.7 Å². The minimum Gasteiger partial charge on any atom is -0.322 e. The van der Waals surface area contributed by atoms with Gasteiger partial charge in [-0.1, -0.05) is 12.2 Å². The van der Waals surface area contributed by atoms with Crippen LogP contribution in [-0.4, -0.2) is 22.6 Å². The van der Waals surface area contributed by atoms with Crippen molar-refractivity contribution in [2.45, 2.75) is 12.8 Å². The van der Waals surface area contributed by atoms with Crippen LogP contribution in [-0.2, 0) is 9.59 Å². The van der Waals surface area contributed by atoms with Gasteiger partial charge in [0.2, 0.25) is 11.8 Å². The number of amides is 3. The quantitative estimate of drug-likeness (QED) is 0.372. The first kappa shape index (κ1) is 18.5. The third kappa shape index (κ3) is 3.40. The molecule has 0 spiro atoms. The van der Waals surface area contributed by atoms with Crippen molar-refractivity contribution in [1.82, 2.24) is 0 Å². The Kier molecular flexibility index (Phi) is 4.67. The van der Waals surface area contributed by atoms with E-state index in [9.17, 15) is 24.5 Å². The molecule has 1 heterocycles. The summed E-state index contributed by atoms with van der Waals surface area (Å²) < 4.78 is 0. The zero-order valence-corrected chi connectivity index (χ0v) is 15.3. The first-order valence-corrected chi connectivity index (χ1v) is 9.14. The van der Waals surface area contributed by atoms with Crippen molar-refractivity contribution in [2.75, 3.05) is 10.2 Å². The lowest BCUT2D eigenvalue weighted by molar-refractivity contribution is -0.384. The Morgan fingerprint density at radius 1 is 0.931 bits per heavy atom. The van der Waals surface area contributed by atoms with Gasteiger partial charge in [0.25, 0.3) is 11.6 Å². The van der Waals surface area contributed by atoms with Gasteiger partial charge in [0, 0.05) is 23.4 Å². The van der Waals surface area contributed by atoms with E-state index >= 15 is 0 Å². The van der Waals surface area contributed by atoms with Crippen LogP contribution in [0.3, 0.4) is 0 Å². The Balaban J connectivity index is 1.47. The fourth-order valence-electron chi connectivity index (χ4n) is 3.69. The van der Waals surface area contributed by atoms with Gasteiger partial charge in [0.1, 0.15) is 0 Å². The number of nitrogens with one attached hydrogen (secondary N) is 1. The molecule has 1 aliphatic carbocycles. The first-order valence-electron chi connectivity index (χ1n) is 9.14. The van der Waals surface area contributed by atoms with Crippen molar-refractivity contribution in [1.29, 1.82) is 0 Å². The zero-order chi connectivity index (χ0) is 20.5. The van der Waals surface area contributed by atoms with E-state index in [2.05, 4.69) is 5.32 Å². The van der Waals surface area contributed by atoms with E-state index in [0.29, 0.717) is 29.8 Å². The SMILES string of the molecule is O=C(Nc1ccc([N+](=O)[O-])cc1)c1ccc(N2C(=O)C3CC=CCC3C2=O)cc1. The van der Waals surface area contributed by atoms with Gasteiger partial charge < -0.3 is 5.32 Å². The summed E-state index contributed by atoms with van der Waals surface area (Å²) in [5.41, 5.74) is 1.14. The van der Waals surface area contributed by atoms with E-state index in [-0.39, 0.29) is 29.3 Å². The molecular weight excluding hydrogens is 374 g/mol. The number of carbonyl (C=O) groups is 3. The van der Waals surface area contributed by atoms with Crippen LogP contribution in [0.4, 0.5) is 17.1 Å². The monoisotopic (exact) mass is 391 g/mol. The molecular formula is C21H17N3O5. The normalized spacial score (nSPS) is 20.5. The highest BCUT2D eigenvalue weighted by molar-refractivity contribution is 6.22. The van der Waals surface area contributed by atoms with Gasteiger partial charge in [0.05, 0.1) is 22.4 Å². The van der Waals surface area contributed by atoms with Gasteiger partial charge in [-0.25, -0.2) is 0 Å². The minimum absolute atomic E-state index is 0.0666. The summed E-state index contributed by atoms with van der Waals surface area (Å²) in [5.74, 6) is -1.42. The highest BCUT2D eigenvalue weighted by Gasteiger charge is 2.47. The number of hydrogen-bond donors (Lipinski definition) is 1. The molecule has 2 aromatic rings. The number of imide groups is 1. The maximum absolute atomic E-state index is 12.6. The lowest BCUT2D eigenvalue weighted by atomic mass is 9.85. The van der Waals surface area contributed by atoms with Crippen LogP contribution in [0.5, 0.6) is 0 Å². The molecule has 146 valence electrons. The van der Waals surface area contributed by atoms with E-state index < -0.39 is 10.8 Å². The maximum Gasteiger partial charge on any atom is 0.269 e. The molecule has 2 unspecified atom stereocenters. The summed E-state index contributed by atoms with van der Waals surface area (Å²) in [6, 6.07) is 11.7. The largest absolute Gasteiger partial charge is 0.322 e. The second-order valence-electron chi connectivity index (χ2n) is 6.97. The molecule has 1 fully saturated rings. The Hall–Kier alpha value is -3.81. The molecule has 8 heteroatoms. The predicted octanol–water partition coefficient (Wildman–Crippen LogP) is 3.30. The molecule has 1 aliphatic heterocycles. The number of fused-ring (bicyclic) bond motifs is 1. The number of rotatable bonds is 4. The number of benzene rings is 2. The topological polar surface area (TPSA) is 110 Å². The van der Waals surface area contributed by atoms with Gasteiger partial charge in [-0.3, -0.25) is 29.4 Å². The van der Waals surface area contributed by atoms with Crippen molar-refractivity contribution < 1.29 is 19.3 Å². The van der Waals surface area contributed by atoms with E-state index in [0.717, 1.165) is 0 Å². The molecule has 0 bridgehead atoms. The highest BCUT2D eigenvalue weighted by Crippen LogP contribution is 2.37. The minimum atomic E-state index is -0.516. The molecule has 0 aromatic heterocycles. The maximum atomic E-state index is 12.6. The number of nitro benzene ring substituents is 1. The zero-order valence-electron chi connectivity index (χ0n) is 15.3. The van der Waals surface area contributed by atoms with Crippen LogP contribution < -0.4 is 10.2 Å². The number of hydrogen-bond acceptors (Lipinski definition) is 5. The van der Waals surface area contributed by atoms with Gasteiger partial charge in [-0.2, -0.15) is 0 Å². The fourth-order valence-corrected chi connectivity index (χ4v) is 3.69. The summed E-state index contributed by atoms with van der Waals surface area (Å²) >= 11 is 0. The van der Waals surface area contributed by atoms with Crippen LogP contribution in [0.2, 0.25) is 0 Å². The third-order valence-electron chi connectivity index (χ3n) is 5.23. The van der Waals surface area contributed by atoms with Crippen molar-refractivity contribution in [3.05, 3.63) is 76.4 Å². The standard InChI is InChI=1S/C21H17N3O5/c25-19(22-14-7-11-16(12-8-14)24(28)29)13-5-9-15(10-6-13)23-20(26)17-3-1-2-4-18(17)21(23)27/h1-2,5-12,17-18H,3-4H2,(H,22,25). The van der Waals surface area contributed by atoms with Gasteiger partial charge in [-0.15, -0.1) is 0 Å². The number of allylic oxidation sites excluding steroid dienone is 2. The van der Waals surface area contributed by atoms with Crippen molar-refractivity contribution in [2.24, 2.45) is 11.8 Å². The number of nitrogens with zero attached hydrogens (tertiary/aromatic N) is 2. The molecule has 2 aliphatic rings. The van der Waals surface area contributed by atoms with E-state index in [4.69, 9.17) is 0 Å². The molecule has 2 aromatic carbocycles. The van der Waals surface area contributed by atoms with Gasteiger partial charge in [0.15, 0.2) is 0 Å². The van der Waals surface area contributed by atoms with Crippen molar-refractivity contribution >= 4 is 34.8 Å². The Morgan fingerprint density at radius 2 is 1.48 bits per heavy atom. The molecule has 2 atom stereocenters. The second-order valence-corrected chi connectivity index (χ2v) is 6.97. The van der Waals surface area contributed by atoms with Crippen LogP contribution in [0.25, 0.3) is 0 Å². The van der Waals surface area contributed by atoms with E-state index in [1.54, 1.807) is 12.1 Å². The summed E-state index contributed by atoms with van der Waals surface area (Å²) in [6.45, 7) is 0. The molecule has 8 nitrogen and oxygen atoms in total. The molecule has 3 amide bonds. The van der Waals surface area contributed by atoms with Crippen molar-refractivity contribution in [3.8, 4) is 0 Å². The molecule has 4 rings (SSSR count). The smallest absolute Gasteiger partial charge is 0.269 e. The van der Waals surface area contributed by atoms with E-state index in [1.807, 2.05) is 12.2 Å². The number of non-ortho nitro benzene ring substituents is 1. The summed E-state index contributed by atoms with van der Waals surface area (Å²) in [6.07, 6.45) is 5.01. The first-order chi connectivity index (χ1) is 14.0. The van der Waals surface area contributed by atoms with Gasteiger partial charge >= 0.3 is 0 Å². The molecule has 1 N–H and O–H groups in total. The summed E-state index contributed by atoms with van der Waals surface area (Å²) in [4.78, 5) is 49.0. The number of carbonyl (C=O) groups excluding carboxylic acids is 3. The average Bonchev–Trinajstić information content (AvgIpc) is 2.99. The van der Waals surface area contributed by atoms with Crippen molar-refractivity contribution in [3.63, 3.8) is 0 Å². The summed E-state index contributed by atoms with van der Waals surface area (Å²) in [5, 5.41) is 13.3. The molecule has 0 radical (unpaired) electrons. The van der Waals surface area contributed by atoms with E-state index in [1.165, 1.54) is 41.3 Å². The number of nitro groups is 1. The third-order valence-corrected chi connectivity index (χ3v) is 5.23. The van der Waals surface area contributed by atoms with Crippen LogP contribution in [0, 0.1) is 22.0 Å². The highest BCUT2D eigenvalue weighted by atomic mass is 16.6.